The third kappa shape index (κ3) is 2.28. The van der Waals surface area contributed by atoms with Gasteiger partial charge in [0.15, 0.2) is 0 Å². The standard InChI is InChI=1S/C9H19BN2O2/c11-8(7-3-4-7)6-12-5-1-2-9(12)10(13)14/h7-9,13-14H,1-6,11H2/t8-,9+/m1/s1. The van der Waals surface area contributed by atoms with E-state index in [1.54, 1.807) is 0 Å². The van der Waals surface area contributed by atoms with Crippen LogP contribution < -0.4 is 5.73 Å². The summed E-state index contributed by atoms with van der Waals surface area (Å²) in [4.78, 5) is 2.13. The Morgan fingerprint density at radius 2 is 2.07 bits per heavy atom. The summed E-state index contributed by atoms with van der Waals surface area (Å²) in [6.07, 6.45) is 4.44. The van der Waals surface area contributed by atoms with Crippen LogP contribution in [0.4, 0.5) is 0 Å². The second-order valence-electron chi connectivity index (χ2n) is 4.62. The monoisotopic (exact) mass is 198 g/mol. The molecule has 1 saturated carbocycles. The van der Waals surface area contributed by atoms with E-state index < -0.39 is 7.12 Å². The highest BCUT2D eigenvalue weighted by Gasteiger charge is 2.37. The van der Waals surface area contributed by atoms with Crippen molar-refractivity contribution in [3.8, 4) is 0 Å². The van der Waals surface area contributed by atoms with Crippen LogP contribution in [0.1, 0.15) is 25.7 Å². The van der Waals surface area contributed by atoms with Crippen molar-refractivity contribution in [1.29, 1.82) is 0 Å². The molecule has 0 amide bonds. The van der Waals surface area contributed by atoms with Crippen LogP contribution in [-0.2, 0) is 0 Å². The highest BCUT2D eigenvalue weighted by atomic mass is 16.4. The van der Waals surface area contributed by atoms with Gasteiger partial charge in [-0.05, 0) is 38.1 Å². The molecule has 0 unspecified atom stereocenters. The molecule has 0 bridgehead atoms. The lowest BCUT2D eigenvalue weighted by Crippen LogP contribution is -2.47. The SMILES string of the molecule is N[C@H](CN1CCC[C@H]1B(O)O)C1CC1. The van der Waals surface area contributed by atoms with Gasteiger partial charge in [-0.1, -0.05) is 0 Å². The lowest BCUT2D eigenvalue weighted by Gasteiger charge is -2.26. The third-order valence-electron chi connectivity index (χ3n) is 3.43. The van der Waals surface area contributed by atoms with Crippen molar-refractivity contribution in [2.45, 2.75) is 37.7 Å². The third-order valence-corrected chi connectivity index (χ3v) is 3.43. The zero-order valence-electron chi connectivity index (χ0n) is 8.47. The van der Waals surface area contributed by atoms with Crippen LogP contribution in [0.5, 0.6) is 0 Å². The van der Waals surface area contributed by atoms with Crippen LogP contribution in [0, 0.1) is 5.92 Å². The zero-order chi connectivity index (χ0) is 10.1. The number of hydrogen-bond acceptors (Lipinski definition) is 4. The van der Waals surface area contributed by atoms with Crippen molar-refractivity contribution >= 4 is 7.12 Å². The molecule has 0 aromatic rings. The Morgan fingerprint density at radius 3 is 2.64 bits per heavy atom. The van der Waals surface area contributed by atoms with Crippen LogP contribution in [-0.4, -0.2) is 47.1 Å². The molecule has 14 heavy (non-hydrogen) atoms. The fourth-order valence-corrected chi connectivity index (χ4v) is 2.36. The lowest BCUT2D eigenvalue weighted by molar-refractivity contribution is 0.238. The maximum atomic E-state index is 9.16. The first-order valence-electron chi connectivity index (χ1n) is 5.54. The predicted molar refractivity (Wildman–Crippen MR) is 55.5 cm³/mol. The molecular weight excluding hydrogens is 179 g/mol. The Balaban J connectivity index is 1.83. The van der Waals surface area contributed by atoms with Gasteiger partial charge in [0.25, 0.3) is 0 Å². The molecule has 4 nitrogen and oxygen atoms in total. The van der Waals surface area contributed by atoms with Gasteiger partial charge in [-0.15, -0.1) is 0 Å². The van der Waals surface area contributed by atoms with Gasteiger partial charge in [0.05, 0.1) is 0 Å². The molecule has 0 aromatic carbocycles. The van der Waals surface area contributed by atoms with Gasteiger partial charge in [0.1, 0.15) is 0 Å². The number of hydrogen-bond donors (Lipinski definition) is 3. The van der Waals surface area contributed by atoms with Crippen molar-refractivity contribution in [1.82, 2.24) is 4.90 Å². The summed E-state index contributed by atoms with van der Waals surface area (Å²) >= 11 is 0. The van der Waals surface area contributed by atoms with E-state index >= 15 is 0 Å². The highest BCUT2D eigenvalue weighted by molar-refractivity contribution is 6.43. The molecule has 1 aliphatic heterocycles. The normalized spacial score (nSPS) is 30.6. The van der Waals surface area contributed by atoms with Crippen LogP contribution in [0.15, 0.2) is 0 Å². The zero-order valence-corrected chi connectivity index (χ0v) is 8.47. The first-order chi connectivity index (χ1) is 6.68. The lowest BCUT2D eigenvalue weighted by atomic mass is 9.78. The Morgan fingerprint density at radius 1 is 1.36 bits per heavy atom. The van der Waals surface area contributed by atoms with Crippen LogP contribution >= 0.6 is 0 Å². The average Bonchev–Trinajstić information content (AvgIpc) is 2.87. The molecular formula is C9H19BN2O2. The van der Waals surface area contributed by atoms with Crippen molar-refractivity contribution in [2.75, 3.05) is 13.1 Å². The molecule has 1 aliphatic carbocycles. The molecule has 2 aliphatic rings. The van der Waals surface area contributed by atoms with E-state index in [-0.39, 0.29) is 12.0 Å². The van der Waals surface area contributed by atoms with Gasteiger partial charge in [0, 0.05) is 18.5 Å². The maximum Gasteiger partial charge on any atom is 0.469 e. The minimum absolute atomic E-state index is 0.0835. The minimum Gasteiger partial charge on any atom is -0.426 e. The van der Waals surface area contributed by atoms with Crippen LogP contribution in [0.3, 0.4) is 0 Å². The van der Waals surface area contributed by atoms with Gasteiger partial charge in [-0.3, -0.25) is 0 Å². The Labute approximate surface area is 85.2 Å². The number of nitrogens with zero attached hydrogens (tertiary/aromatic N) is 1. The average molecular weight is 198 g/mol. The fraction of sp³-hybridized carbons (Fsp3) is 1.00. The van der Waals surface area contributed by atoms with Gasteiger partial charge in [0.2, 0.25) is 0 Å². The van der Waals surface area contributed by atoms with Gasteiger partial charge in [-0.2, -0.15) is 0 Å². The summed E-state index contributed by atoms with van der Waals surface area (Å²) in [6, 6.07) is 0.231. The maximum absolute atomic E-state index is 9.16. The van der Waals surface area contributed by atoms with Crippen LogP contribution in [0.25, 0.3) is 0 Å². The topological polar surface area (TPSA) is 69.7 Å². The minimum atomic E-state index is -1.20. The van der Waals surface area contributed by atoms with E-state index in [2.05, 4.69) is 4.90 Å². The van der Waals surface area contributed by atoms with Crippen molar-refractivity contribution in [2.24, 2.45) is 11.7 Å². The summed E-state index contributed by atoms with van der Waals surface area (Å²) in [5.41, 5.74) is 6.02. The first-order valence-corrected chi connectivity index (χ1v) is 5.54. The number of likely N-dealkylation sites (tertiary alicyclic amines) is 1. The van der Waals surface area contributed by atoms with E-state index in [0.717, 1.165) is 25.9 Å². The molecule has 0 spiro atoms. The second kappa shape index (κ2) is 4.19. The van der Waals surface area contributed by atoms with E-state index in [4.69, 9.17) is 15.8 Å². The second-order valence-corrected chi connectivity index (χ2v) is 4.62. The molecule has 2 atom stereocenters. The molecule has 1 heterocycles. The number of rotatable bonds is 4. The Bertz CT molecular complexity index is 199. The summed E-state index contributed by atoms with van der Waals surface area (Å²) < 4.78 is 0. The van der Waals surface area contributed by atoms with Crippen LogP contribution in [0.2, 0.25) is 0 Å². The largest absolute Gasteiger partial charge is 0.469 e. The molecule has 2 rings (SSSR count). The van der Waals surface area contributed by atoms with E-state index in [1.165, 1.54) is 12.8 Å². The van der Waals surface area contributed by atoms with Crippen molar-refractivity contribution in [3.05, 3.63) is 0 Å². The summed E-state index contributed by atoms with van der Waals surface area (Å²) in [7, 11) is -1.20. The van der Waals surface area contributed by atoms with Crippen molar-refractivity contribution < 1.29 is 10.0 Å². The van der Waals surface area contributed by atoms with Crippen molar-refractivity contribution in [3.63, 3.8) is 0 Å². The summed E-state index contributed by atoms with van der Waals surface area (Å²) in [6.45, 7) is 1.79. The quantitative estimate of drug-likeness (QED) is 0.517. The predicted octanol–water partition coefficient (Wildman–Crippen LogP) is -0.800. The number of nitrogens with two attached hydrogens (primary N) is 1. The molecule has 80 valence electrons. The molecule has 2 fully saturated rings. The highest BCUT2D eigenvalue weighted by Crippen LogP contribution is 2.32. The van der Waals surface area contributed by atoms with E-state index in [9.17, 15) is 0 Å². The summed E-state index contributed by atoms with van der Waals surface area (Å²) in [5, 5.41) is 18.3. The molecule has 0 aromatic heterocycles. The Kier molecular flexibility index (Phi) is 3.12. The molecule has 1 saturated heterocycles. The van der Waals surface area contributed by atoms with E-state index in [0.29, 0.717) is 5.92 Å². The fourth-order valence-electron chi connectivity index (χ4n) is 2.36. The Hall–Kier alpha value is -0.0951. The van der Waals surface area contributed by atoms with Gasteiger partial charge >= 0.3 is 7.12 Å². The van der Waals surface area contributed by atoms with Gasteiger partial charge < -0.3 is 20.7 Å². The van der Waals surface area contributed by atoms with Gasteiger partial charge in [-0.25, -0.2) is 0 Å². The molecule has 0 radical (unpaired) electrons. The molecule has 4 N–H and O–H groups in total. The smallest absolute Gasteiger partial charge is 0.426 e. The molecule has 5 heteroatoms. The van der Waals surface area contributed by atoms with E-state index in [1.807, 2.05) is 0 Å². The first kappa shape index (κ1) is 10.4. The summed E-state index contributed by atoms with van der Waals surface area (Å²) in [5.74, 6) is 0.604.